The smallest absolute Gasteiger partial charge is 0.0732 e. The van der Waals surface area contributed by atoms with Gasteiger partial charge in [-0.3, -0.25) is 0 Å². The molecule has 2 rings (SSSR count). The van der Waals surface area contributed by atoms with Crippen LogP contribution in [0.25, 0.3) is 10.1 Å². The van der Waals surface area contributed by atoms with Gasteiger partial charge in [-0.05, 0) is 17.5 Å². The summed E-state index contributed by atoms with van der Waals surface area (Å²) >= 11 is 17.7. The lowest BCUT2D eigenvalue weighted by Crippen LogP contribution is -1.72. The first-order chi connectivity index (χ1) is 5.70. The van der Waals surface area contributed by atoms with E-state index >= 15 is 0 Å². The predicted octanol–water partition coefficient (Wildman–Crippen LogP) is 4.50. The normalized spacial score (nSPS) is 10.9. The highest BCUT2D eigenvalue weighted by Gasteiger charge is 2.07. The molecule has 1 aromatic heterocycles. The van der Waals surface area contributed by atoms with Crippen LogP contribution in [0, 0.1) is 0 Å². The van der Waals surface area contributed by atoms with Crippen LogP contribution in [-0.4, -0.2) is 0 Å². The summed E-state index contributed by atoms with van der Waals surface area (Å²) in [4.78, 5) is 0.733. The van der Waals surface area contributed by atoms with Crippen LogP contribution in [0.4, 0.5) is 0 Å². The highest BCUT2D eigenvalue weighted by atomic mass is 35.5. The third kappa shape index (κ3) is 1.23. The van der Waals surface area contributed by atoms with Gasteiger partial charge in [-0.2, -0.15) is 0 Å². The van der Waals surface area contributed by atoms with Crippen LogP contribution in [-0.2, 0) is 0 Å². The van der Waals surface area contributed by atoms with Crippen molar-refractivity contribution < 1.29 is 0 Å². The molecule has 0 saturated heterocycles. The van der Waals surface area contributed by atoms with Gasteiger partial charge in [0.05, 0.1) is 10.0 Å². The molecular formula is C8H4Cl2S2. The lowest BCUT2D eigenvalue weighted by atomic mass is 10.3. The zero-order valence-corrected chi connectivity index (χ0v) is 9.07. The number of rotatable bonds is 0. The Balaban J connectivity index is 2.94. The molecule has 0 bridgehead atoms. The van der Waals surface area contributed by atoms with Crippen LogP contribution in [0.2, 0.25) is 10.0 Å². The van der Waals surface area contributed by atoms with E-state index < -0.39 is 0 Å². The summed E-state index contributed by atoms with van der Waals surface area (Å²) in [5.41, 5.74) is 0. The molecule has 0 atom stereocenters. The van der Waals surface area contributed by atoms with Gasteiger partial charge in [-0.15, -0.1) is 24.0 Å². The molecule has 0 unspecified atom stereocenters. The molecule has 0 aliphatic heterocycles. The zero-order valence-electron chi connectivity index (χ0n) is 5.84. The fourth-order valence-electron chi connectivity index (χ4n) is 1.03. The van der Waals surface area contributed by atoms with Crippen molar-refractivity contribution in [2.45, 2.75) is 4.90 Å². The van der Waals surface area contributed by atoms with Crippen LogP contribution in [0.15, 0.2) is 22.4 Å². The topological polar surface area (TPSA) is 0 Å². The van der Waals surface area contributed by atoms with Crippen molar-refractivity contribution in [3.63, 3.8) is 0 Å². The second-order valence-corrected chi connectivity index (χ2v) is 4.54. The van der Waals surface area contributed by atoms with E-state index in [1.807, 2.05) is 17.5 Å². The van der Waals surface area contributed by atoms with E-state index in [-0.39, 0.29) is 0 Å². The van der Waals surface area contributed by atoms with Gasteiger partial charge in [0.25, 0.3) is 0 Å². The van der Waals surface area contributed by atoms with E-state index in [2.05, 4.69) is 12.6 Å². The molecule has 0 spiro atoms. The molecule has 0 nitrogen and oxygen atoms in total. The molecule has 4 heteroatoms. The van der Waals surface area contributed by atoms with Crippen molar-refractivity contribution in [1.82, 2.24) is 0 Å². The maximum atomic E-state index is 6.00. The number of benzene rings is 1. The Kier molecular flexibility index (Phi) is 2.25. The highest BCUT2D eigenvalue weighted by Crippen LogP contribution is 2.37. The first-order valence-corrected chi connectivity index (χ1v) is 5.32. The molecule has 62 valence electrons. The molecule has 0 fully saturated rings. The van der Waals surface area contributed by atoms with Gasteiger partial charge >= 0.3 is 0 Å². The first kappa shape index (κ1) is 8.70. The number of hydrogen-bond donors (Lipinski definition) is 1. The summed E-state index contributed by atoms with van der Waals surface area (Å²) < 4.78 is 1.12. The minimum absolute atomic E-state index is 0.533. The molecule has 12 heavy (non-hydrogen) atoms. The van der Waals surface area contributed by atoms with Gasteiger partial charge in [0.15, 0.2) is 0 Å². The summed E-state index contributed by atoms with van der Waals surface area (Å²) in [5.74, 6) is 0. The molecule has 0 aliphatic carbocycles. The van der Waals surface area contributed by atoms with E-state index in [1.165, 1.54) is 0 Å². The van der Waals surface area contributed by atoms with E-state index in [1.54, 1.807) is 11.3 Å². The molecule has 0 saturated carbocycles. The van der Waals surface area contributed by atoms with Gasteiger partial charge < -0.3 is 0 Å². The van der Waals surface area contributed by atoms with E-state index in [4.69, 9.17) is 23.2 Å². The number of fused-ring (bicyclic) bond motifs is 1. The third-order valence-corrected chi connectivity index (χ3v) is 3.85. The molecule has 0 N–H and O–H groups in total. The molecule has 1 heterocycles. The lowest BCUT2D eigenvalue weighted by Gasteiger charge is -2.00. The molecule has 2 aromatic rings. The largest absolute Gasteiger partial charge is 0.144 e. The molecule has 0 amide bonds. The Morgan fingerprint density at radius 2 is 2.00 bits per heavy atom. The fraction of sp³-hybridized carbons (Fsp3) is 0. The SMILES string of the molecule is Sc1cc2sccc2c(Cl)c1Cl. The van der Waals surface area contributed by atoms with Gasteiger partial charge in [0, 0.05) is 15.0 Å². The third-order valence-electron chi connectivity index (χ3n) is 1.62. The summed E-state index contributed by atoms with van der Waals surface area (Å²) in [6, 6.07) is 3.89. The first-order valence-electron chi connectivity index (χ1n) is 3.24. The minimum Gasteiger partial charge on any atom is -0.144 e. The van der Waals surface area contributed by atoms with Crippen molar-refractivity contribution in [3.05, 3.63) is 27.6 Å². The van der Waals surface area contributed by atoms with Crippen LogP contribution < -0.4 is 0 Å². The number of thiol groups is 1. The standard InChI is InChI=1S/C8H4Cl2S2/c9-7-4-1-2-12-6(4)3-5(11)8(7)10/h1-3,11H. The average Bonchev–Trinajstić information content (AvgIpc) is 2.48. The van der Waals surface area contributed by atoms with Gasteiger partial charge in [0.2, 0.25) is 0 Å². The van der Waals surface area contributed by atoms with Crippen LogP contribution >= 0.6 is 47.2 Å². The molecular weight excluding hydrogens is 231 g/mol. The van der Waals surface area contributed by atoms with E-state index in [0.717, 1.165) is 15.0 Å². The van der Waals surface area contributed by atoms with Crippen LogP contribution in [0.3, 0.4) is 0 Å². The lowest BCUT2D eigenvalue weighted by molar-refractivity contribution is 1.54. The predicted molar refractivity (Wildman–Crippen MR) is 59.1 cm³/mol. The van der Waals surface area contributed by atoms with Crippen molar-refractivity contribution in [3.8, 4) is 0 Å². The molecule has 0 aliphatic rings. The fourth-order valence-corrected chi connectivity index (χ4v) is 2.74. The Morgan fingerprint density at radius 1 is 1.25 bits per heavy atom. The Bertz CT molecular complexity index is 434. The molecule has 0 radical (unpaired) electrons. The Hall–Kier alpha value is 0.110. The second-order valence-electron chi connectivity index (χ2n) is 2.36. The maximum absolute atomic E-state index is 6.00. The van der Waals surface area contributed by atoms with Gasteiger partial charge in [-0.25, -0.2) is 0 Å². The van der Waals surface area contributed by atoms with Crippen molar-refractivity contribution in [2.75, 3.05) is 0 Å². The number of thiophene rings is 1. The van der Waals surface area contributed by atoms with Crippen molar-refractivity contribution >= 4 is 57.3 Å². The van der Waals surface area contributed by atoms with E-state index in [0.29, 0.717) is 10.0 Å². The number of hydrogen-bond acceptors (Lipinski definition) is 2. The molecule has 1 aromatic carbocycles. The highest BCUT2D eigenvalue weighted by molar-refractivity contribution is 7.80. The zero-order chi connectivity index (χ0) is 8.72. The maximum Gasteiger partial charge on any atom is 0.0732 e. The van der Waals surface area contributed by atoms with Gasteiger partial charge in [-0.1, -0.05) is 23.2 Å². The Morgan fingerprint density at radius 3 is 2.75 bits per heavy atom. The Labute approximate surface area is 89.5 Å². The number of halogens is 2. The van der Waals surface area contributed by atoms with Crippen LogP contribution in [0.1, 0.15) is 0 Å². The minimum atomic E-state index is 0.533. The second kappa shape index (κ2) is 3.11. The van der Waals surface area contributed by atoms with Crippen molar-refractivity contribution in [2.24, 2.45) is 0 Å². The van der Waals surface area contributed by atoms with Crippen molar-refractivity contribution in [1.29, 1.82) is 0 Å². The quantitative estimate of drug-likeness (QED) is 0.638. The summed E-state index contributed by atoms with van der Waals surface area (Å²) in [5, 5.41) is 4.12. The summed E-state index contributed by atoms with van der Waals surface area (Å²) in [7, 11) is 0. The van der Waals surface area contributed by atoms with Gasteiger partial charge in [0.1, 0.15) is 0 Å². The average molecular weight is 235 g/mol. The summed E-state index contributed by atoms with van der Waals surface area (Å²) in [6.45, 7) is 0. The monoisotopic (exact) mass is 234 g/mol. The van der Waals surface area contributed by atoms with E-state index in [9.17, 15) is 0 Å². The summed E-state index contributed by atoms with van der Waals surface area (Å²) in [6.07, 6.45) is 0. The van der Waals surface area contributed by atoms with Crippen LogP contribution in [0.5, 0.6) is 0 Å².